The highest BCUT2D eigenvalue weighted by molar-refractivity contribution is 9.10. The molecule has 0 unspecified atom stereocenters. The van der Waals surface area contributed by atoms with Gasteiger partial charge in [-0.25, -0.2) is 4.98 Å². The van der Waals surface area contributed by atoms with E-state index in [2.05, 4.69) is 64.4 Å². The van der Waals surface area contributed by atoms with Gasteiger partial charge >= 0.3 is 0 Å². The average molecular weight is 267 g/mol. The summed E-state index contributed by atoms with van der Waals surface area (Å²) in [4.78, 5) is 4.55. The third kappa shape index (κ3) is 2.07. The predicted molar refractivity (Wildman–Crippen MR) is 66.2 cm³/mol. The van der Waals surface area contributed by atoms with E-state index in [0.717, 1.165) is 22.4 Å². The third-order valence-corrected chi connectivity index (χ3v) is 3.00. The maximum absolute atomic E-state index is 4.55. The van der Waals surface area contributed by atoms with Crippen LogP contribution in [0, 0.1) is 12.8 Å². The Morgan fingerprint density at radius 1 is 1.47 bits per heavy atom. The fourth-order valence-corrected chi connectivity index (χ4v) is 2.23. The monoisotopic (exact) mass is 266 g/mol. The first-order valence-corrected chi connectivity index (χ1v) is 6.00. The molecule has 2 rings (SSSR count). The van der Waals surface area contributed by atoms with Crippen molar-refractivity contribution in [3.8, 4) is 0 Å². The molecule has 0 aromatic carbocycles. The van der Waals surface area contributed by atoms with Crippen molar-refractivity contribution in [2.75, 3.05) is 0 Å². The lowest BCUT2D eigenvalue weighted by atomic mass is 10.1. The summed E-state index contributed by atoms with van der Waals surface area (Å²) in [6, 6.07) is 4.27. The average Bonchev–Trinajstić information content (AvgIpc) is 2.42. The number of aryl methyl sites for hydroxylation is 1. The molecule has 0 radical (unpaired) electrons. The maximum Gasteiger partial charge on any atom is 0.132 e. The smallest absolute Gasteiger partial charge is 0.132 e. The van der Waals surface area contributed by atoms with Gasteiger partial charge in [0.05, 0.1) is 5.52 Å². The number of pyridine rings is 1. The Bertz CT molecular complexity index is 486. The quantitative estimate of drug-likeness (QED) is 0.812. The molecule has 2 heterocycles. The Kier molecular flexibility index (Phi) is 2.83. The number of fused-ring (bicyclic) bond motifs is 1. The molecule has 0 N–H and O–H groups in total. The van der Waals surface area contributed by atoms with Crippen molar-refractivity contribution in [2.45, 2.75) is 27.2 Å². The van der Waals surface area contributed by atoms with Crippen molar-refractivity contribution < 1.29 is 0 Å². The second-order valence-corrected chi connectivity index (χ2v) is 5.13. The second-order valence-electron chi connectivity index (χ2n) is 4.38. The lowest BCUT2D eigenvalue weighted by Crippen LogP contribution is -2.00. The van der Waals surface area contributed by atoms with Crippen LogP contribution in [0.4, 0.5) is 0 Å². The van der Waals surface area contributed by atoms with Crippen molar-refractivity contribution in [3.63, 3.8) is 0 Å². The molecule has 0 aliphatic carbocycles. The van der Waals surface area contributed by atoms with Gasteiger partial charge in [-0.1, -0.05) is 13.8 Å². The zero-order chi connectivity index (χ0) is 11.0. The number of hydrogen-bond donors (Lipinski definition) is 0. The molecule has 0 aliphatic heterocycles. The second kappa shape index (κ2) is 3.97. The minimum absolute atomic E-state index is 0.629. The van der Waals surface area contributed by atoms with Crippen LogP contribution in [0.2, 0.25) is 0 Å². The maximum atomic E-state index is 4.55. The first-order chi connectivity index (χ1) is 7.08. The van der Waals surface area contributed by atoms with Crippen LogP contribution >= 0.6 is 15.9 Å². The molecular formula is C12H15BrN2. The van der Waals surface area contributed by atoms with E-state index in [1.165, 1.54) is 5.56 Å². The van der Waals surface area contributed by atoms with E-state index in [4.69, 9.17) is 0 Å². The molecule has 3 heteroatoms. The molecular weight excluding hydrogens is 252 g/mol. The van der Waals surface area contributed by atoms with Gasteiger partial charge in [-0.15, -0.1) is 0 Å². The summed E-state index contributed by atoms with van der Waals surface area (Å²) in [7, 11) is 0. The number of imidazole rings is 1. The SMILES string of the molecule is Cc1ccn2c(CC(C)C)nc(Br)c2c1. The van der Waals surface area contributed by atoms with E-state index in [1.807, 2.05) is 0 Å². The van der Waals surface area contributed by atoms with Crippen molar-refractivity contribution >= 4 is 21.4 Å². The van der Waals surface area contributed by atoms with Crippen LogP contribution in [-0.2, 0) is 6.42 Å². The molecule has 15 heavy (non-hydrogen) atoms. The van der Waals surface area contributed by atoms with Crippen molar-refractivity contribution in [2.24, 2.45) is 5.92 Å². The van der Waals surface area contributed by atoms with Gasteiger partial charge in [0.1, 0.15) is 10.4 Å². The highest BCUT2D eigenvalue weighted by Gasteiger charge is 2.09. The molecule has 2 aromatic heterocycles. The molecule has 0 bridgehead atoms. The Morgan fingerprint density at radius 3 is 2.87 bits per heavy atom. The first kappa shape index (κ1) is 10.7. The van der Waals surface area contributed by atoms with Crippen LogP contribution in [0.15, 0.2) is 22.9 Å². The Hall–Kier alpha value is -0.830. The molecule has 0 saturated heterocycles. The molecule has 2 aromatic rings. The summed E-state index contributed by atoms with van der Waals surface area (Å²) in [6.07, 6.45) is 3.11. The van der Waals surface area contributed by atoms with Gasteiger partial charge in [-0.3, -0.25) is 0 Å². The number of hydrogen-bond acceptors (Lipinski definition) is 1. The Labute approximate surface area is 98.5 Å². The molecule has 0 aliphatic rings. The normalized spacial score (nSPS) is 11.5. The van der Waals surface area contributed by atoms with Crippen LogP contribution in [0.3, 0.4) is 0 Å². The summed E-state index contributed by atoms with van der Waals surface area (Å²) in [5.74, 6) is 1.76. The summed E-state index contributed by atoms with van der Waals surface area (Å²) in [5.41, 5.74) is 2.42. The minimum Gasteiger partial charge on any atom is -0.303 e. The summed E-state index contributed by atoms with van der Waals surface area (Å²) in [6.45, 7) is 6.52. The standard InChI is InChI=1S/C12H15BrN2/c1-8(2)6-11-14-12(13)10-7-9(3)4-5-15(10)11/h4-5,7-8H,6H2,1-3H3. The molecule has 2 nitrogen and oxygen atoms in total. The van der Waals surface area contributed by atoms with Gasteiger partial charge in [-0.2, -0.15) is 0 Å². The van der Waals surface area contributed by atoms with Gasteiger partial charge in [-0.05, 0) is 46.5 Å². The van der Waals surface area contributed by atoms with Crippen molar-refractivity contribution in [3.05, 3.63) is 34.3 Å². The van der Waals surface area contributed by atoms with Gasteiger partial charge in [0, 0.05) is 12.6 Å². The molecule has 80 valence electrons. The first-order valence-electron chi connectivity index (χ1n) is 5.21. The number of nitrogens with zero attached hydrogens (tertiary/aromatic N) is 2. The third-order valence-electron chi connectivity index (χ3n) is 2.42. The van der Waals surface area contributed by atoms with Gasteiger partial charge < -0.3 is 4.40 Å². The zero-order valence-corrected chi connectivity index (χ0v) is 10.9. The van der Waals surface area contributed by atoms with E-state index in [1.54, 1.807) is 0 Å². The molecule has 0 amide bonds. The Balaban J connectivity index is 2.57. The van der Waals surface area contributed by atoms with Crippen molar-refractivity contribution in [1.82, 2.24) is 9.38 Å². The predicted octanol–water partition coefficient (Wildman–Crippen LogP) is 3.60. The highest BCUT2D eigenvalue weighted by Crippen LogP contribution is 2.21. The molecule has 0 fully saturated rings. The fraction of sp³-hybridized carbons (Fsp3) is 0.417. The number of halogens is 1. The van der Waals surface area contributed by atoms with E-state index in [9.17, 15) is 0 Å². The Morgan fingerprint density at radius 2 is 2.20 bits per heavy atom. The zero-order valence-electron chi connectivity index (χ0n) is 9.29. The van der Waals surface area contributed by atoms with Crippen LogP contribution in [0.5, 0.6) is 0 Å². The van der Waals surface area contributed by atoms with Crippen molar-refractivity contribution in [1.29, 1.82) is 0 Å². The lowest BCUT2D eigenvalue weighted by molar-refractivity contribution is 0.618. The van der Waals surface area contributed by atoms with Crippen LogP contribution in [0.1, 0.15) is 25.2 Å². The van der Waals surface area contributed by atoms with Crippen LogP contribution < -0.4 is 0 Å². The highest BCUT2D eigenvalue weighted by atomic mass is 79.9. The summed E-state index contributed by atoms with van der Waals surface area (Å²) in [5, 5.41) is 0. The summed E-state index contributed by atoms with van der Waals surface area (Å²) >= 11 is 3.51. The largest absolute Gasteiger partial charge is 0.303 e. The molecule has 0 spiro atoms. The van der Waals surface area contributed by atoms with Gasteiger partial charge in [0.15, 0.2) is 0 Å². The molecule has 0 atom stereocenters. The number of rotatable bonds is 2. The van der Waals surface area contributed by atoms with E-state index < -0.39 is 0 Å². The lowest BCUT2D eigenvalue weighted by Gasteiger charge is -2.03. The van der Waals surface area contributed by atoms with Crippen LogP contribution in [0.25, 0.3) is 5.52 Å². The van der Waals surface area contributed by atoms with Gasteiger partial charge in [0.25, 0.3) is 0 Å². The fourth-order valence-electron chi connectivity index (χ4n) is 1.72. The molecule has 0 saturated carbocycles. The van der Waals surface area contributed by atoms with E-state index in [0.29, 0.717) is 5.92 Å². The number of aromatic nitrogens is 2. The van der Waals surface area contributed by atoms with E-state index in [-0.39, 0.29) is 0 Å². The topological polar surface area (TPSA) is 17.3 Å². The van der Waals surface area contributed by atoms with Crippen LogP contribution in [-0.4, -0.2) is 9.38 Å². The van der Waals surface area contributed by atoms with E-state index >= 15 is 0 Å². The van der Waals surface area contributed by atoms with Gasteiger partial charge in [0.2, 0.25) is 0 Å². The minimum atomic E-state index is 0.629. The summed E-state index contributed by atoms with van der Waals surface area (Å²) < 4.78 is 3.11.